The molecule has 18 heavy (non-hydrogen) atoms. The van der Waals surface area contributed by atoms with Crippen molar-refractivity contribution in [3.05, 3.63) is 18.0 Å². The average molecular weight is 249 g/mol. The normalized spacial score (nSPS) is 18.8. The first kappa shape index (κ1) is 13.3. The van der Waals surface area contributed by atoms with E-state index in [9.17, 15) is 4.79 Å². The summed E-state index contributed by atoms with van der Waals surface area (Å²) in [6.07, 6.45) is 10.7. The molecule has 1 fully saturated rings. The van der Waals surface area contributed by atoms with Crippen molar-refractivity contribution in [3.8, 4) is 0 Å². The van der Waals surface area contributed by atoms with Gasteiger partial charge in [-0.2, -0.15) is 5.10 Å². The first-order valence-electron chi connectivity index (χ1n) is 6.87. The molecule has 100 valence electrons. The molecular formula is C14H23N3O. The number of ketones is 1. The third kappa shape index (κ3) is 2.80. The number of aryl methyl sites for hydroxylation is 2. The minimum absolute atomic E-state index is 0.222. The van der Waals surface area contributed by atoms with Gasteiger partial charge in [0.15, 0.2) is 0 Å². The Bertz CT molecular complexity index is 405. The Kier molecular flexibility index (Phi) is 4.17. The SMILES string of the molecule is Cn1cc(CCC(=O)C2(CN)CCCCC2)cn1. The zero-order valence-electron chi connectivity index (χ0n) is 11.2. The standard InChI is InChI=1S/C14H23N3O/c1-17-10-12(9-16-17)5-6-13(18)14(11-15)7-3-2-4-8-14/h9-10H,2-8,11,15H2,1H3. The molecular weight excluding hydrogens is 226 g/mol. The van der Waals surface area contributed by atoms with E-state index in [1.807, 2.05) is 19.4 Å². The summed E-state index contributed by atoms with van der Waals surface area (Å²) in [5, 5.41) is 4.13. The Balaban J connectivity index is 1.93. The van der Waals surface area contributed by atoms with Crippen LogP contribution in [0.25, 0.3) is 0 Å². The van der Waals surface area contributed by atoms with Crippen LogP contribution in [0.4, 0.5) is 0 Å². The Labute approximate surface area is 109 Å². The van der Waals surface area contributed by atoms with E-state index in [1.54, 1.807) is 4.68 Å². The molecule has 1 aliphatic carbocycles. The summed E-state index contributed by atoms with van der Waals surface area (Å²) in [5.41, 5.74) is 6.79. The lowest BCUT2D eigenvalue weighted by atomic mass is 9.70. The van der Waals surface area contributed by atoms with E-state index in [0.29, 0.717) is 18.7 Å². The zero-order chi connectivity index (χ0) is 13.0. The molecule has 0 unspecified atom stereocenters. The van der Waals surface area contributed by atoms with Crippen molar-refractivity contribution >= 4 is 5.78 Å². The number of hydrogen-bond donors (Lipinski definition) is 1. The largest absolute Gasteiger partial charge is 0.329 e. The Morgan fingerprint density at radius 1 is 1.44 bits per heavy atom. The van der Waals surface area contributed by atoms with Crippen LogP contribution in [-0.2, 0) is 18.3 Å². The molecule has 0 aromatic carbocycles. The van der Waals surface area contributed by atoms with Crippen molar-refractivity contribution in [1.82, 2.24) is 9.78 Å². The van der Waals surface area contributed by atoms with Gasteiger partial charge in [-0.25, -0.2) is 0 Å². The van der Waals surface area contributed by atoms with Gasteiger partial charge in [0.1, 0.15) is 5.78 Å². The van der Waals surface area contributed by atoms with Gasteiger partial charge in [-0.3, -0.25) is 9.48 Å². The summed E-state index contributed by atoms with van der Waals surface area (Å²) in [5.74, 6) is 0.355. The highest BCUT2D eigenvalue weighted by molar-refractivity contribution is 5.85. The van der Waals surface area contributed by atoms with Gasteiger partial charge in [0.25, 0.3) is 0 Å². The van der Waals surface area contributed by atoms with Crippen LogP contribution in [0.3, 0.4) is 0 Å². The monoisotopic (exact) mass is 249 g/mol. The molecule has 0 amide bonds. The van der Waals surface area contributed by atoms with Crippen molar-refractivity contribution in [2.75, 3.05) is 6.54 Å². The topological polar surface area (TPSA) is 60.9 Å². The zero-order valence-corrected chi connectivity index (χ0v) is 11.2. The quantitative estimate of drug-likeness (QED) is 0.866. The van der Waals surface area contributed by atoms with Gasteiger partial charge in [0.05, 0.1) is 6.20 Å². The molecule has 2 N–H and O–H groups in total. The second kappa shape index (κ2) is 5.65. The molecule has 0 bridgehead atoms. The van der Waals surface area contributed by atoms with Crippen molar-refractivity contribution in [2.45, 2.75) is 44.9 Å². The minimum atomic E-state index is -0.222. The third-order valence-electron chi connectivity index (χ3n) is 4.19. The molecule has 1 aromatic heterocycles. The summed E-state index contributed by atoms with van der Waals surface area (Å²) in [7, 11) is 1.90. The lowest BCUT2D eigenvalue weighted by Crippen LogP contribution is -2.40. The van der Waals surface area contributed by atoms with Gasteiger partial charge in [-0.05, 0) is 24.8 Å². The van der Waals surface area contributed by atoms with E-state index in [2.05, 4.69) is 5.10 Å². The summed E-state index contributed by atoms with van der Waals surface area (Å²) in [6.45, 7) is 0.513. The van der Waals surface area contributed by atoms with Crippen molar-refractivity contribution < 1.29 is 4.79 Å². The summed E-state index contributed by atoms with van der Waals surface area (Å²) in [6, 6.07) is 0. The lowest BCUT2D eigenvalue weighted by Gasteiger charge is -2.34. The van der Waals surface area contributed by atoms with Gasteiger partial charge in [-0.1, -0.05) is 19.3 Å². The number of Topliss-reactive ketones (excluding diaryl/α,β-unsaturated/α-hetero) is 1. The second-order valence-corrected chi connectivity index (χ2v) is 5.49. The first-order valence-corrected chi connectivity index (χ1v) is 6.87. The molecule has 0 saturated heterocycles. The molecule has 4 heteroatoms. The fourth-order valence-electron chi connectivity index (χ4n) is 2.95. The predicted molar refractivity (Wildman–Crippen MR) is 71.1 cm³/mol. The molecule has 4 nitrogen and oxygen atoms in total. The van der Waals surface area contributed by atoms with Gasteiger partial charge in [0, 0.05) is 31.6 Å². The van der Waals surface area contributed by atoms with E-state index in [1.165, 1.54) is 6.42 Å². The van der Waals surface area contributed by atoms with Gasteiger partial charge >= 0.3 is 0 Å². The maximum atomic E-state index is 12.4. The minimum Gasteiger partial charge on any atom is -0.329 e. The highest BCUT2D eigenvalue weighted by Gasteiger charge is 2.37. The first-order chi connectivity index (χ1) is 8.66. The highest BCUT2D eigenvalue weighted by atomic mass is 16.1. The molecule has 0 radical (unpaired) electrons. The number of carbonyl (C=O) groups is 1. The van der Waals surface area contributed by atoms with Crippen LogP contribution in [-0.4, -0.2) is 22.1 Å². The van der Waals surface area contributed by atoms with Crippen molar-refractivity contribution in [3.63, 3.8) is 0 Å². The molecule has 2 rings (SSSR count). The molecule has 0 atom stereocenters. The predicted octanol–water partition coefficient (Wildman–Crippen LogP) is 1.83. The van der Waals surface area contributed by atoms with Crippen molar-refractivity contribution in [2.24, 2.45) is 18.2 Å². The lowest BCUT2D eigenvalue weighted by molar-refractivity contribution is -0.130. The van der Waals surface area contributed by atoms with Crippen LogP contribution in [0.15, 0.2) is 12.4 Å². The van der Waals surface area contributed by atoms with E-state index in [4.69, 9.17) is 5.73 Å². The number of aromatic nitrogens is 2. The number of rotatable bonds is 5. The third-order valence-corrected chi connectivity index (χ3v) is 4.19. The fraction of sp³-hybridized carbons (Fsp3) is 0.714. The van der Waals surface area contributed by atoms with E-state index >= 15 is 0 Å². The van der Waals surface area contributed by atoms with Crippen LogP contribution in [0.1, 0.15) is 44.1 Å². The van der Waals surface area contributed by atoms with Crippen LogP contribution < -0.4 is 5.73 Å². The molecule has 1 aliphatic rings. The van der Waals surface area contributed by atoms with Crippen LogP contribution >= 0.6 is 0 Å². The maximum Gasteiger partial charge on any atom is 0.140 e. The van der Waals surface area contributed by atoms with Crippen molar-refractivity contribution in [1.29, 1.82) is 0 Å². The Morgan fingerprint density at radius 2 is 2.17 bits per heavy atom. The molecule has 1 saturated carbocycles. The number of nitrogens with zero attached hydrogens (tertiary/aromatic N) is 2. The van der Waals surface area contributed by atoms with E-state index in [-0.39, 0.29) is 5.41 Å². The number of carbonyl (C=O) groups excluding carboxylic acids is 1. The molecule has 1 aromatic rings. The summed E-state index contributed by atoms with van der Waals surface area (Å²) >= 11 is 0. The number of hydrogen-bond acceptors (Lipinski definition) is 3. The molecule has 1 heterocycles. The number of nitrogens with two attached hydrogens (primary N) is 1. The van der Waals surface area contributed by atoms with Gasteiger partial charge in [0.2, 0.25) is 0 Å². The second-order valence-electron chi connectivity index (χ2n) is 5.49. The highest BCUT2D eigenvalue weighted by Crippen LogP contribution is 2.37. The average Bonchev–Trinajstić information content (AvgIpc) is 2.82. The Hall–Kier alpha value is -1.16. The Morgan fingerprint density at radius 3 is 2.72 bits per heavy atom. The summed E-state index contributed by atoms with van der Waals surface area (Å²) < 4.78 is 1.78. The molecule has 0 aliphatic heterocycles. The van der Waals surface area contributed by atoms with E-state index in [0.717, 1.165) is 37.7 Å². The van der Waals surface area contributed by atoms with Gasteiger partial charge in [-0.15, -0.1) is 0 Å². The molecule has 0 spiro atoms. The van der Waals surface area contributed by atoms with E-state index < -0.39 is 0 Å². The van der Waals surface area contributed by atoms with Gasteiger partial charge < -0.3 is 5.73 Å². The van der Waals surface area contributed by atoms with Crippen LogP contribution in [0, 0.1) is 5.41 Å². The fourth-order valence-corrected chi connectivity index (χ4v) is 2.95. The van der Waals surface area contributed by atoms with Crippen LogP contribution in [0.2, 0.25) is 0 Å². The smallest absolute Gasteiger partial charge is 0.140 e. The summed E-state index contributed by atoms with van der Waals surface area (Å²) in [4.78, 5) is 12.4. The maximum absolute atomic E-state index is 12.4. The van der Waals surface area contributed by atoms with Crippen LogP contribution in [0.5, 0.6) is 0 Å².